The first-order chi connectivity index (χ1) is 8.11. The lowest BCUT2D eigenvalue weighted by molar-refractivity contribution is 0.0937. The first-order valence-electron chi connectivity index (χ1n) is 6.35. The minimum atomic E-state index is -0.0175. The molecule has 4 heteroatoms. The summed E-state index contributed by atoms with van der Waals surface area (Å²) < 4.78 is 1.88. The van der Waals surface area contributed by atoms with Crippen LogP contribution in [-0.2, 0) is 6.54 Å². The van der Waals surface area contributed by atoms with Gasteiger partial charge in [0.2, 0.25) is 0 Å². The van der Waals surface area contributed by atoms with Crippen LogP contribution in [0, 0.1) is 11.8 Å². The Morgan fingerprint density at radius 2 is 2.35 bits per heavy atom. The molecule has 0 radical (unpaired) electrons. The Hall–Kier alpha value is -1.45. The summed E-state index contributed by atoms with van der Waals surface area (Å²) in [5, 5.41) is 2.99. The predicted molar refractivity (Wildman–Crippen MR) is 68.7 cm³/mol. The monoisotopic (exact) mass is 235 g/mol. The van der Waals surface area contributed by atoms with E-state index in [4.69, 9.17) is 5.73 Å². The van der Waals surface area contributed by atoms with Gasteiger partial charge < -0.3 is 15.6 Å². The molecular formula is C13H21N3O. The molecule has 1 saturated carbocycles. The van der Waals surface area contributed by atoms with Gasteiger partial charge in [-0.3, -0.25) is 4.79 Å². The molecule has 1 aliphatic carbocycles. The van der Waals surface area contributed by atoms with Gasteiger partial charge in [-0.05, 0) is 37.7 Å². The summed E-state index contributed by atoms with van der Waals surface area (Å²) in [7, 11) is 0. The SMILES string of the molecule is CCn1cc(N)cc1C(=O)NCC(C)C1CC1. The number of nitrogens with one attached hydrogen (secondary N) is 1. The van der Waals surface area contributed by atoms with Crippen molar-refractivity contribution in [2.45, 2.75) is 33.2 Å². The lowest BCUT2D eigenvalue weighted by Crippen LogP contribution is -2.30. The molecule has 0 aromatic carbocycles. The highest BCUT2D eigenvalue weighted by molar-refractivity contribution is 5.93. The first kappa shape index (κ1) is 12.0. The van der Waals surface area contributed by atoms with Crippen LogP contribution in [0.5, 0.6) is 0 Å². The molecule has 1 unspecified atom stereocenters. The number of carbonyl (C=O) groups excluding carboxylic acids is 1. The van der Waals surface area contributed by atoms with Crippen LogP contribution in [0.4, 0.5) is 5.69 Å². The lowest BCUT2D eigenvalue weighted by atomic mass is 10.1. The summed E-state index contributed by atoms with van der Waals surface area (Å²) in [6, 6.07) is 1.74. The van der Waals surface area contributed by atoms with E-state index < -0.39 is 0 Å². The van der Waals surface area contributed by atoms with Crippen molar-refractivity contribution < 1.29 is 4.79 Å². The van der Waals surface area contributed by atoms with Gasteiger partial charge in [-0.25, -0.2) is 0 Å². The highest BCUT2D eigenvalue weighted by atomic mass is 16.1. The summed E-state index contributed by atoms with van der Waals surface area (Å²) in [5.41, 5.74) is 7.01. The minimum Gasteiger partial charge on any atom is -0.397 e. The van der Waals surface area contributed by atoms with E-state index in [2.05, 4.69) is 12.2 Å². The minimum absolute atomic E-state index is 0.0175. The molecule has 3 N–H and O–H groups in total. The number of nitrogen functional groups attached to an aromatic ring is 1. The summed E-state index contributed by atoms with van der Waals surface area (Å²) in [5.74, 6) is 1.38. The molecule has 0 aliphatic heterocycles. The second kappa shape index (κ2) is 4.82. The Kier molecular flexibility index (Phi) is 3.41. The largest absolute Gasteiger partial charge is 0.397 e. The number of hydrogen-bond donors (Lipinski definition) is 2. The van der Waals surface area contributed by atoms with E-state index in [1.54, 1.807) is 12.3 Å². The van der Waals surface area contributed by atoms with E-state index in [-0.39, 0.29) is 5.91 Å². The molecule has 1 heterocycles. The van der Waals surface area contributed by atoms with E-state index >= 15 is 0 Å². The molecule has 1 fully saturated rings. The van der Waals surface area contributed by atoms with Crippen LogP contribution in [0.1, 0.15) is 37.2 Å². The smallest absolute Gasteiger partial charge is 0.267 e. The van der Waals surface area contributed by atoms with Crippen molar-refractivity contribution in [1.29, 1.82) is 0 Å². The van der Waals surface area contributed by atoms with Crippen LogP contribution in [-0.4, -0.2) is 17.0 Å². The van der Waals surface area contributed by atoms with Crippen LogP contribution < -0.4 is 11.1 Å². The molecule has 1 aromatic rings. The average molecular weight is 235 g/mol. The third kappa shape index (κ3) is 2.81. The third-order valence-electron chi connectivity index (χ3n) is 3.50. The molecule has 1 amide bonds. The first-order valence-corrected chi connectivity index (χ1v) is 6.35. The highest BCUT2D eigenvalue weighted by Gasteiger charge is 2.28. The Bertz CT molecular complexity index is 407. The van der Waals surface area contributed by atoms with Gasteiger partial charge in [-0.1, -0.05) is 6.92 Å². The number of hydrogen-bond acceptors (Lipinski definition) is 2. The van der Waals surface area contributed by atoms with Gasteiger partial charge in [-0.15, -0.1) is 0 Å². The molecule has 1 aromatic heterocycles. The van der Waals surface area contributed by atoms with Gasteiger partial charge in [0.1, 0.15) is 5.69 Å². The van der Waals surface area contributed by atoms with Gasteiger partial charge in [0.25, 0.3) is 5.91 Å². The molecule has 0 spiro atoms. The summed E-state index contributed by atoms with van der Waals surface area (Å²) in [6.45, 7) is 5.73. The highest BCUT2D eigenvalue weighted by Crippen LogP contribution is 2.36. The van der Waals surface area contributed by atoms with Crippen LogP contribution in [0.15, 0.2) is 12.3 Å². The topological polar surface area (TPSA) is 60.0 Å². The standard InChI is InChI=1S/C13H21N3O/c1-3-16-8-11(14)6-12(16)13(17)15-7-9(2)10-4-5-10/h6,8-10H,3-5,7,14H2,1-2H3,(H,15,17). The average Bonchev–Trinajstić information content (AvgIpc) is 3.09. The lowest BCUT2D eigenvalue weighted by Gasteiger charge is -2.12. The Morgan fingerprint density at radius 3 is 2.94 bits per heavy atom. The number of nitrogens with zero attached hydrogens (tertiary/aromatic N) is 1. The number of carbonyl (C=O) groups is 1. The summed E-state index contributed by atoms with van der Waals surface area (Å²) >= 11 is 0. The number of amides is 1. The van der Waals surface area contributed by atoms with Crippen LogP contribution in [0.2, 0.25) is 0 Å². The number of aromatic nitrogens is 1. The van der Waals surface area contributed by atoms with E-state index in [0.29, 0.717) is 17.3 Å². The third-order valence-corrected chi connectivity index (χ3v) is 3.50. The molecule has 94 valence electrons. The normalized spacial score (nSPS) is 16.8. The molecule has 17 heavy (non-hydrogen) atoms. The van der Waals surface area contributed by atoms with Crippen molar-refractivity contribution in [2.75, 3.05) is 12.3 Å². The molecule has 2 rings (SSSR count). The fourth-order valence-electron chi connectivity index (χ4n) is 2.16. The number of nitrogens with two attached hydrogens (primary N) is 1. The van der Waals surface area contributed by atoms with E-state index in [0.717, 1.165) is 19.0 Å². The van der Waals surface area contributed by atoms with Crippen molar-refractivity contribution in [3.63, 3.8) is 0 Å². The van der Waals surface area contributed by atoms with Crippen molar-refractivity contribution in [1.82, 2.24) is 9.88 Å². The molecular weight excluding hydrogens is 214 g/mol. The number of aryl methyl sites for hydroxylation is 1. The Labute approximate surface area is 102 Å². The van der Waals surface area contributed by atoms with E-state index in [1.807, 2.05) is 11.5 Å². The number of anilines is 1. The molecule has 1 atom stereocenters. The zero-order valence-electron chi connectivity index (χ0n) is 10.6. The number of rotatable bonds is 5. The maximum Gasteiger partial charge on any atom is 0.267 e. The molecule has 0 saturated heterocycles. The van der Waals surface area contributed by atoms with Crippen molar-refractivity contribution in [2.24, 2.45) is 11.8 Å². The predicted octanol–water partition coefficient (Wildman–Crippen LogP) is 1.87. The van der Waals surface area contributed by atoms with Gasteiger partial charge in [0.15, 0.2) is 0 Å². The maximum absolute atomic E-state index is 12.0. The zero-order chi connectivity index (χ0) is 12.4. The Morgan fingerprint density at radius 1 is 1.65 bits per heavy atom. The van der Waals surface area contributed by atoms with Crippen molar-refractivity contribution >= 4 is 11.6 Å². The molecule has 4 nitrogen and oxygen atoms in total. The fraction of sp³-hybridized carbons (Fsp3) is 0.615. The Balaban J connectivity index is 1.93. The summed E-state index contributed by atoms with van der Waals surface area (Å²) in [6.07, 6.45) is 4.43. The van der Waals surface area contributed by atoms with Crippen LogP contribution >= 0.6 is 0 Å². The van der Waals surface area contributed by atoms with Gasteiger partial charge in [-0.2, -0.15) is 0 Å². The van der Waals surface area contributed by atoms with E-state index in [9.17, 15) is 4.79 Å². The van der Waals surface area contributed by atoms with Gasteiger partial charge >= 0.3 is 0 Å². The van der Waals surface area contributed by atoms with Crippen LogP contribution in [0.25, 0.3) is 0 Å². The summed E-state index contributed by atoms with van der Waals surface area (Å²) in [4.78, 5) is 12.0. The van der Waals surface area contributed by atoms with Gasteiger partial charge in [0.05, 0.1) is 5.69 Å². The van der Waals surface area contributed by atoms with Crippen molar-refractivity contribution in [3.05, 3.63) is 18.0 Å². The molecule has 1 aliphatic rings. The van der Waals surface area contributed by atoms with Crippen molar-refractivity contribution in [3.8, 4) is 0 Å². The van der Waals surface area contributed by atoms with Crippen LogP contribution in [0.3, 0.4) is 0 Å². The van der Waals surface area contributed by atoms with Gasteiger partial charge in [0, 0.05) is 19.3 Å². The molecule has 0 bridgehead atoms. The zero-order valence-corrected chi connectivity index (χ0v) is 10.6. The quantitative estimate of drug-likeness (QED) is 0.818. The second-order valence-electron chi connectivity index (χ2n) is 4.97. The second-order valence-corrected chi connectivity index (χ2v) is 4.97. The van der Waals surface area contributed by atoms with E-state index in [1.165, 1.54) is 12.8 Å². The fourth-order valence-corrected chi connectivity index (χ4v) is 2.16. The maximum atomic E-state index is 12.0.